The van der Waals surface area contributed by atoms with Crippen molar-refractivity contribution in [2.75, 3.05) is 13.6 Å². The van der Waals surface area contributed by atoms with E-state index in [-0.39, 0.29) is 0 Å². The minimum Gasteiger partial charge on any atom is -0.301 e. The topological polar surface area (TPSA) is 3.24 Å². The molecule has 54 valence electrons. The molecule has 0 aromatic heterocycles. The summed E-state index contributed by atoms with van der Waals surface area (Å²) in [6.07, 6.45) is 1.19. The predicted molar refractivity (Wildman–Crippen MR) is 36.2 cm³/mol. The molecule has 2 unspecified atom stereocenters. The average Bonchev–Trinajstić information content (AvgIpc) is 1.80. The number of rotatable bonds is 0. The summed E-state index contributed by atoms with van der Waals surface area (Å²) in [4.78, 5) is 2.08. The van der Waals surface area contributed by atoms with Crippen molar-refractivity contribution in [1.82, 2.24) is 4.90 Å². The van der Waals surface area contributed by atoms with Gasteiger partial charge in [-0.1, -0.05) is 0 Å². The molecule has 1 aliphatic rings. The fraction of sp³-hybridized carbons (Fsp3) is 1.00. The summed E-state index contributed by atoms with van der Waals surface area (Å²) < 4.78 is 12.6. The van der Waals surface area contributed by atoms with Gasteiger partial charge in [0, 0.05) is 12.6 Å². The number of piperidine rings is 1. The highest BCUT2D eigenvalue weighted by Crippen LogP contribution is 2.16. The SMILES string of the molecule is CC1CCC(F)CN1C. The van der Waals surface area contributed by atoms with Crippen molar-refractivity contribution in [3.63, 3.8) is 0 Å². The molecule has 0 N–H and O–H groups in total. The standard InChI is InChI=1S/C7H14FN/c1-6-3-4-7(8)5-9(6)2/h6-7H,3-5H2,1-2H3. The van der Waals surface area contributed by atoms with Crippen LogP contribution in [0.3, 0.4) is 0 Å². The minimum atomic E-state index is -0.578. The maximum atomic E-state index is 12.6. The Morgan fingerprint density at radius 2 is 2.11 bits per heavy atom. The molecule has 2 atom stereocenters. The lowest BCUT2D eigenvalue weighted by molar-refractivity contribution is 0.118. The van der Waals surface area contributed by atoms with Crippen molar-refractivity contribution < 1.29 is 4.39 Å². The molecule has 0 aromatic rings. The van der Waals surface area contributed by atoms with Crippen LogP contribution in [0.4, 0.5) is 4.39 Å². The minimum absolute atomic E-state index is 0.578. The average molecular weight is 131 g/mol. The van der Waals surface area contributed by atoms with Crippen LogP contribution in [0.25, 0.3) is 0 Å². The molecule has 1 heterocycles. The first-order valence-corrected chi connectivity index (χ1v) is 3.54. The largest absolute Gasteiger partial charge is 0.301 e. The first-order valence-electron chi connectivity index (χ1n) is 3.54. The molecule has 1 nitrogen and oxygen atoms in total. The van der Waals surface area contributed by atoms with Gasteiger partial charge < -0.3 is 4.90 Å². The zero-order chi connectivity index (χ0) is 6.85. The summed E-state index contributed by atoms with van der Waals surface area (Å²) in [7, 11) is 1.98. The van der Waals surface area contributed by atoms with Crippen LogP contribution in [-0.2, 0) is 0 Å². The molecular weight excluding hydrogens is 117 g/mol. The fourth-order valence-corrected chi connectivity index (χ4v) is 1.23. The lowest BCUT2D eigenvalue weighted by Gasteiger charge is -2.31. The lowest BCUT2D eigenvalue weighted by atomic mass is 10.0. The van der Waals surface area contributed by atoms with Crippen molar-refractivity contribution in [2.24, 2.45) is 0 Å². The second-order valence-corrected chi connectivity index (χ2v) is 2.96. The van der Waals surface area contributed by atoms with Gasteiger partial charge in [-0.25, -0.2) is 4.39 Å². The molecule has 0 spiro atoms. The van der Waals surface area contributed by atoms with Gasteiger partial charge in [0.1, 0.15) is 6.17 Å². The van der Waals surface area contributed by atoms with Crippen LogP contribution >= 0.6 is 0 Å². The second-order valence-electron chi connectivity index (χ2n) is 2.96. The lowest BCUT2D eigenvalue weighted by Crippen LogP contribution is -2.39. The van der Waals surface area contributed by atoms with Gasteiger partial charge in [0.2, 0.25) is 0 Å². The Kier molecular flexibility index (Phi) is 2.06. The van der Waals surface area contributed by atoms with Gasteiger partial charge in [0.05, 0.1) is 0 Å². The van der Waals surface area contributed by atoms with Crippen LogP contribution in [0.1, 0.15) is 19.8 Å². The van der Waals surface area contributed by atoms with Crippen molar-refractivity contribution in [3.8, 4) is 0 Å². The van der Waals surface area contributed by atoms with Crippen LogP contribution in [0.5, 0.6) is 0 Å². The van der Waals surface area contributed by atoms with Gasteiger partial charge in [0.15, 0.2) is 0 Å². The summed E-state index contributed by atoms with van der Waals surface area (Å²) in [6.45, 7) is 2.77. The molecule has 0 aliphatic carbocycles. The third-order valence-corrected chi connectivity index (χ3v) is 2.14. The monoisotopic (exact) mass is 131 g/mol. The molecule has 2 heteroatoms. The Hall–Kier alpha value is -0.110. The fourth-order valence-electron chi connectivity index (χ4n) is 1.23. The normalized spacial score (nSPS) is 39.0. The number of alkyl halides is 1. The highest BCUT2D eigenvalue weighted by molar-refractivity contribution is 4.75. The molecule has 0 radical (unpaired) electrons. The maximum absolute atomic E-state index is 12.6. The van der Waals surface area contributed by atoms with Crippen LogP contribution in [0.15, 0.2) is 0 Å². The number of likely N-dealkylation sites (tertiary alicyclic amines) is 1. The molecular formula is C7H14FN. The Bertz CT molecular complexity index is 94.9. The molecule has 1 saturated heterocycles. The van der Waals surface area contributed by atoms with Gasteiger partial charge >= 0.3 is 0 Å². The van der Waals surface area contributed by atoms with E-state index in [1.54, 1.807) is 0 Å². The van der Waals surface area contributed by atoms with E-state index < -0.39 is 6.17 Å². The highest BCUT2D eigenvalue weighted by Gasteiger charge is 2.21. The molecule has 0 aromatic carbocycles. The van der Waals surface area contributed by atoms with Crippen LogP contribution < -0.4 is 0 Å². The van der Waals surface area contributed by atoms with E-state index in [1.807, 2.05) is 7.05 Å². The molecule has 1 rings (SSSR count). The smallest absolute Gasteiger partial charge is 0.113 e. The van der Waals surface area contributed by atoms with Crippen LogP contribution in [0.2, 0.25) is 0 Å². The third kappa shape index (κ3) is 1.65. The Morgan fingerprint density at radius 3 is 2.56 bits per heavy atom. The van der Waals surface area contributed by atoms with Crippen molar-refractivity contribution in [1.29, 1.82) is 0 Å². The third-order valence-electron chi connectivity index (χ3n) is 2.14. The van der Waals surface area contributed by atoms with E-state index in [2.05, 4.69) is 11.8 Å². The van der Waals surface area contributed by atoms with E-state index in [1.165, 1.54) is 0 Å². The van der Waals surface area contributed by atoms with E-state index in [0.717, 1.165) is 12.8 Å². The maximum Gasteiger partial charge on any atom is 0.113 e. The van der Waals surface area contributed by atoms with Crippen molar-refractivity contribution >= 4 is 0 Å². The van der Waals surface area contributed by atoms with Gasteiger partial charge in [-0.2, -0.15) is 0 Å². The first-order chi connectivity index (χ1) is 4.20. The second kappa shape index (κ2) is 2.65. The van der Waals surface area contributed by atoms with E-state index in [9.17, 15) is 4.39 Å². The summed E-state index contributed by atoms with van der Waals surface area (Å²) in [5.41, 5.74) is 0. The number of halogens is 1. The first kappa shape index (κ1) is 7.00. The van der Waals surface area contributed by atoms with Crippen molar-refractivity contribution in [2.45, 2.75) is 32.0 Å². The summed E-state index contributed by atoms with van der Waals surface area (Å²) in [6, 6.07) is 0.581. The van der Waals surface area contributed by atoms with Crippen molar-refractivity contribution in [3.05, 3.63) is 0 Å². The van der Waals surface area contributed by atoms with Gasteiger partial charge in [-0.3, -0.25) is 0 Å². The number of hydrogen-bond acceptors (Lipinski definition) is 1. The van der Waals surface area contributed by atoms with E-state index in [0.29, 0.717) is 12.6 Å². The zero-order valence-electron chi connectivity index (χ0n) is 6.10. The molecule has 1 aliphatic heterocycles. The molecule has 0 bridgehead atoms. The van der Waals surface area contributed by atoms with Gasteiger partial charge in [0.25, 0.3) is 0 Å². The summed E-state index contributed by atoms with van der Waals surface area (Å²) >= 11 is 0. The van der Waals surface area contributed by atoms with E-state index >= 15 is 0 Å². The summed E-state index contributed by atoms with van der Waals surface area (Å²) in [5.74, 6) is 0. The molecule has 0 saturated carbocycles. The van der Waals surface area contributed by atoms with Gasteiger partial charge in [-0.05, 0) is 26.8 Å². The summed E-state index contributed by atoms with van der Waals surface area (Å²) in [5, 5.41) is 0. The highest BCUT2D eigenvalue weighted by atomic mass is 19.1. The quantitative estimate of drug-likeness (QED) is 0.481. The number of nitrogens with zero attached hydrogens (tertiary/aromatic N) is 1. The molecule has 0 amide bonds. The Balaban J connectivity index is 2.35. The van der Waals surface area contributed by atoms with Crippen LogP contribution in [-0.4, -0.2) is 30.7 Å². The zero-order valence-corrected chi connectivity index (χ0v) is 6.10. The van der Waals surface area contributed by atoms with Gasteiger partial charge in [-0.15, -0.1) is 0 Å². The number of hydrogen-bond donors (Lipinski definition) is 0. The van der Waals surface area contributed by atoms with E-state index in [4.69, 9.17) is 0 Å². The Morgan fingerprint density at radius 1 is 1.44 bits per heavy atom. The van der Waals surface area contributed by atoms with Crippen LogP contribution in [0, 0.1) is 0 Å². The predicted octanol–water partition coefficient (Wildman–Crippen LogP) is 1.44. The Labute approximate surface area is 55.8 Å². The molecule has 1 fully saturated rings. The molecule has 9 heavy (non-hydrogen) atoms.